The molecule has 0 fully saturated rings. The standard InChI is InChI=1S/C11H16N2O3/c1-16-11(15)3-2-10(14)8-13-9-4-6-12-7-5-9/h4-7,10,14H,2-3,8H2,1H3,(H,12,13). The van der Waals surface area contributed by atoms with Crippen molar-refractivity contribution in [1.29, 1.82) is 0 Å². The molecule has 0 saturated carbocycles. The van der Waals surface area contributed by atoms with Crippen molar-refractivity contribution in [1.82, 2.24) is 4.98 Å². The van der Waals surface area contributed by atoms with Crippen molar-refractivity contribution in [3.63, 3.8) is 0 Å². The van der Waals surface area contributed by atoms with Crippen molar-refractivity contribution < 1.29 is 14.6 Å². The van der Waals surface area contributed by atoms with Crippen LogP contribution in [0.1, 0.15) is 12.8 Å². The lowest BCUT2D eigenvalue weighted by Crippen LogP contribution is -2.20. The van der Waals surface area contributed by atoms with Crippen LogP contribution in [0.5, 0.6) is 0 Å². The number of aromatic nitrogens is 1. The number of nitrogens with one attached hydrogen (secondary N) is 1. The maximum atomic E-state index is 10.8. The molecule has 0 aliphatic heterocycles. The lowest BCUT2D eigenvalue weighted by atomic mass is 10.2. The highest BCUT2D eigenvalue weighted by molar-refractivity contribution is 5.69. The quantitative estimate of drug-likeness (QED) is 0.699. The van der Waals surface area contributed by atoms with E-state index in [1.165, 1.54) is 7.11 Å². The molecule has 0 bridgehead atoms. The number of esters is 1. The molecule has 2 N–H and O–H groups in total. The van der Waals surface area contributed by atoms with Crippen LogP contribution < -0.4 is 5.32 Å². The van der Waals surface area contributed by atoms with Crippen molar-refractivity contribution >= 4 is 11.7 Å². The number of rotatable bonds is 6. The predicted molar refractivity (Wildman–Crippen MR) is 60.0 cm³/mol. The van der Waals surface area contributed by atoms with Crippen molar-refractivity contribution in [2.75, 3.05) is 19.0 Å². The molecule has 5 nitrogen and oxygen atoms in total. The first-order chi connectivity index (χ1) is 7.72. The maximum absolute atomic E-state index is 10.8. The van der Waals surface area contributed by atoms with Crippen LogP contribution in [0.15, 0.2) is 24.5 Å². The fourth-order valence-corrected chi connectivity index (χ4v) is 1.19. The molecule has 0 radical (unpaired) electrons. The van der Waals surface area contributed by atoms with Gasteiger partial charge in [0.15, 0.2) is 0 Å². The lowest BCUT2D eigenvalue weighted by Gasteiger charge is -2.11. The zero-order chi connectivity index (χ0) is 11.8. The summed E-state index contributed by atoms with van der Waals surface area (Å²) in [6, 6.07) is 3.63. The molecule has 0 aliphatic rings. The maximum Gasteiger partial charge on any atom is 0.305 e. The van der Waals surface area contributed by atoms with Gasteiger partial charge in [-0.2, -0.15) is 0 Å². The summed E-state index contributed by atoms with van der Waals surface area (Å²) in [5, 5.41) is 12.6. The Morgan fingerprint density at radius 2 is 2.25 bits per heavy atom. The normalized spacial score (nSPS) is 11.9. The highest BCUT2D eigenvalue weighted by Crippen LogP contribution is 2.05. The van der Waals surface area contributed by atoms with E-state index in [-0.39, 0.29) is 12.4 Å². The Hall–Kier alpha value is -1.62. The number of pyridine rings is 1. The second kappa shape index (κ2) is 6.79. The highest BCUT2D eigenvalue weighted by atomic mass is 16.5. The van der Waals surface area contributed by atoms with Gasteiger partial charge in [0.1, 0.15) is 0 Å². The SMILES string of the molecule is COC(=O)CCC(O)CNc1ccncc1. The second-order valence-corrected chi connectivity index (χ2v) is 3.39. The topological polar surface area (TPSA) is 71.5 Å². The van der Waals surface area contributed by atoms with E-state index in [9.17, 15) is 9.90 Å². The molecular formula is C11H16N2O3. The van der Waals surface area contributed by atoms with Gasteiger partial charge in [0, 0.05) is 31.0 Å². The number of methoxy groups -OCH3 is 1. The summed E-state index contributed by atoms with van der Waals surface area (Å²) in [4.78, 5) is 14.7. The number of carbonyl (C=O) groups is 1. The number of anilines is 1. The summed E-state index contributed by atoms with van der Waals surface area (Å²) in [6.07, 6.45) is 3.40. The first-order valence-electron chi connectivity index (χ1n) is 5.11. The van der Waals surface area contributed by atoms with Crippen molar-refractivity contribution in [3.8, 4) is 0 Å². The Labute approximate surface area is 94.5 Å². The molecule has 88 valence electrons. The zero-order valence-corrected chi connectivity index (χ0v) is 9.22. The van der Waals surface area contributed by atoms with Crippen LogP contribution in [0.3, 0.4) is 0 Å². The third kappa shape index (κ3) is 4.75. The van der Waals surface area contributed by atoms with Crippen LogP contribution in [-0.2, 0) is 9.53 Å². The minimum absolute atomic E-state index is 0.232. The number of nitrogens with zero attached hydrogens (tertiary/aromatic N) is 1. The molecule has 1 atom stereocenters. The third-order valence-corrected chi connectivity index (χ3v) is 2.13. The van der Waals surface area contributed by atoms with Crippen LogP contribution in [0.2, 0.25) is 0 Å². The smallest absolute Gasteiger partial charge is 0.305 e. The molecule has 0 spiro atoms. The molecule has 1 aromatic rings. The number of aliphatic hydroxyl groups is 1. The molecular weight excluding hydrogens is 208 g/mol. The molecule has 0 amide bonds. The second-order valence-electron chi connectivity index (χ2n) is 3.39. The van der Waals surface area contributed by atoms with E-state index < -0.39 is 6.10 Å². The number of aliphatic hydroxyl groups excluding tert-OH is 1. The highest BCUT2D eigenvalue weighted by Gasteiger charge is 2.07. The van der Waals surface area contributed by atoms with Gasteiger partial charge in [-0.15, -0.1) is 0 Å². The van der Waals surface area contributed by atoms with Gasteiger partial charge in [0.2, 0.25) is 0 Å². The Bertz CT molecular complexity index is 316. The lowest BCUT2D eigenvalue weighted by molar-refractivity contribution is -0.141. The van der Waals surface area contributed by atoms with Gasteiger partial charge in [-0.3, -0.25) is 9.78 Å². The number of hydrogen-bond donors (Lipinski definition) is 2. The van der Waals surface area contributed by atoms with Gasteiger partial charge in [-0.1, -0.05) is 0 Å². The summed E-state index contributed by atoms with van der Waals surface area (Å²) < 4.78 is 4.48. The van der Waals surface area contributed by atoms with E-state index in [1.807, 2.05) is 12.1 Å². The fourth-order valence-electron chi connectivity index (χ4n) is 1.19. The molecule has 1 rings (SSSR count). The number of ether oxygens (including phenoxy) is 1. The van der Waals surface area contributed by atoms with Gasteiger partial charge < -0.3 is 15.2 Å². The third-order valence-electron chi connectivity index (χ3n) is 2.13. The minimum atomic E-state index is -0.563. The van der Waals surface area contributed by atoms with Crippen LogP contribution in [0.25, 0.3) is 0 Å². The predicted octanol–water partition coefficient (Wildman–Crippen LogP) is 0.808. The van der Waals surface area contributed by atoms with Gasteiger partial charge in [0.25, 0.3) is 0 Å². The Morgan fingerprint density at radius 1 is 1.56 bits per heavy atom. The Morgan fingerprint density at radius 3 is 2.88 bits per heavy atom. The van der Waals surface area contributed by atoms with E-state index in [0.717, 1.165) is 5.69 Å². The zero-order valence-electron chi connectivity index (χ0n) is 9.22. The summed E-state index contributed by atoms with van der Waals surface area (Å²) in [5.74, 6) is -0.303. The molecule has 5 heteroatoms. The largest absolute Gasteiger partial charge is 0.469 e. The average molecular weight is 224 g/mol. The van der Waals surface area contributed by atoms with E-state index in [2.05, 4.69) is 15.0 Å². The first kappa shape index (κ1) is 12.4. The summed E-state index contributed by atoms with van der Waals surface area (Å²) >= 11 is 0. The van der Waals surface area contributed by atoms with Crippen molar-refractivity contribution in [2.24, 2.45) is 0 Å². The van der Waals surface area contributed by atoms with Crippen molar-refractivity contribution in [3.05, 3.63) is 24.5 Å². The van der Waals surface area contributed by atoms with Gasteiger partial charge >= 0.3 is 5.97 Å². The van der Waals surface area contributed by atoms with E-state index in [0.29, 0.717) is 13.0 Å². The monoisotopic (exact) mass is 224 g/mol. The van der Waals surface area contributed by atoms with Crippen LogP contribution in [-0.4, -0.2) is 35.8 Å². The van der Waals surface area contributed by atoms with Gasteiger partial charge in [0.05, 0.1) is 13.2 Å². The molecule has 0 aliphatic carbocycles. The number of carbonyl (C=O) groups excluding carboxylic acids is 1. The Balaban J connectivity index is 2.20. The first-order valence-corrected chi connectivity index (χ1v) is 5.11. The number of hydrogen-bond acceptors (Lipinski definition) is 5. The minimum Gasteiger partial charge on any atom is -0.469 e. The van der Waals surface area contributed by atoms with Crippen molar-refractivity contribution in [2.45, 2.75) is 18.9 Å². The van der Waals surface area contributed by atoms with E-state index in [1.54, 1.807) is 12.4 Å². The van der Waals surface area contributed by atoms with Gasteiger partial charge in [-0.05, 0) is 18.6 Å². The fraction of sp³-hybridized carbons (Fsp3) is 0.455. The molecule has 1 heterocycles. The van der Waals surface area contributed by atoms with E-state index >= 15 is 0 Å². The van der Waals surface area contributed by atoms with Gasteiger partial charge in [-0.25, -0.2) is 0 Å². The van der Waals surface area contributed by atoms with Crippen LogP contribution >= 0.6 is 0 Å². The molecule has 1 unspecified atom stereocenters. The average Bonchev–Trinajstić information content (AvgIpc) is 2.34. The summed E-state index contributed by atoms with van der Waals surface area (Å²) in [7, 11) is 1.34. The molecule has 16 heavy (non-hydrogen) atoms. The molecule has 0 saturated heterocycles. The van der Waals surface area contributed by atoms with E-state index in [4.69, 9.17) is 0 Å². The van der Waals surface area contributed by atoms with Crippen LogP contribution in [0, 0.1) is 0 Å². The summed E-state index contributed by atoms with van der Waals surface area (Å²) in [5.41, 5.74) is 0.895. The Kier molecular flexibility index (Phi) is 5.28. The van der Waals surface area contributed by atoms with Crippen LogP contribution in [0.4, 0.5) is 5.69 Å². The molecule has 0 aromatic carbocycles. The molecule has 1 aromatic heterocycles. The summed E-state index contributed by atoms with van der Waals surface area (Å²) in [6.45, 7) is 0.404.